The molecule has 0 N–H and O–H groups in total. The van der Waals surface area contributed by atoms with Gasteiger partial charge >= 0.3 is 0 Å². The zero-order valence-corrected chi connectivity index (χ0v) is 13.4. The van der Waals surface area contributed by atoms with E-state index in [1.165, 1.54) is 6.20 Å². The largest absolute Gasteiger partial charge is 0.334 e. The number of hydrogen-bond acceptors (Lipinski definition) is 3. The summed E-state index contributed by atoms with van der Waals surface area (Å²) in [5.41, 5.74) is 0.446. The first kappa shape index (κ1) is 14.5. The van der Waals surface area contributed by atoms with Gasteiger partial charge in [0.25, 0.3) is 5.91 Å². The van der Waals surface area contributed by atoms with Crippen molar-refractivity contribution >= 4 is 44.8 Å². The Bertz CT molecular complexity index is 588. The van der Waals surface area contributed by atoms with Crippen molar-refractivity contribution in [3.63, 3.8) is 0 Å². The van der Waals surface area contributed by atoms with Gasteiger partial charge in [-0.2, -0.15) is 0 Å². The number of hydrogen-bond donors (Lipinski definition) is 0. The van der Waals surface area contributed by atoms with Crippen molar-refractivity contribution in [2.45, 2.75) is 13.5 Å². The van der Waals surface area contributed by atoms with Crippen LogP contribution in [0.3, 0.4) is 0 Å². The zero-order valence-electron chi connectivity index (χ0n) is 10.3. The van der Waals surface area contributed by atoms with E-state index < -0.39 is 0 Å². The van der Waals surface area contributed by atoms with Gasteiger partial charge in [-0.15, -0.1) is 11.3 Å². The van der Waals surface area contributed by atoms with E-state index in [2.05, 4.69) is 20.9 Å². The summed E-state index contributed by atoms with van der Waals surface area (Å²) in [7, 11) is 0. The van der Waals surface area contributed by atoms with Gasteiger partial charge in [0, 0.05) is 23.8 Å². The van der Waals surface area contributed by atoms with Crippen LogP contribution in [0.4, 0.5) is 0 Å². The number of halogens is 2. The number of amides is 1. The molecule has 0 unspecified atom stereocenters. The second kappa shape index (κ2) is 6.50. The Balaban J connectivity index is 2.18. The van der Waals surface area contributed by atoms with Crippen molar-refractivity contribution in [3.05, 3.63) is 49.8 Å². The SMILES string of the molecule is CCN(Cc1ccc(Br)s1)C(=O)c1cnccc1Cl. The number of pyridine rings is 1. The molecule has 1 amide bonds. The lowest BCUT2D eigenvalue weighted by atomic mass is 10.2. The Hall–Kier alpha value is -0.910. The van der Waals surface area contributed by atoms with Crippen LogP contribution in [0, 0.1) is 0 Å². The van der Waals surface area contributed by atoms with E-state index in [0.29, 0.717) is 23.7 Å². The van der Waals surface area contributed by atoms with Gasteiger partial charge in [0.2, 0.25) is 0 Å². The summed E-state index contributed by atoms with van der Waals surface area (Å²) in [5, 5.41) is 0.436. The summed E-state index contributed by atoms with van der Waals surface area (Å²) < 4.78 is 1.06. The van der Waals surface area contributed by atoms with Crippen LogP contribution in [0.15, 0.2) is 34.4 Å². The number of carbonyl (C=O) groups is 1. The van der Waals surface area contributed by atoms with Crippen LogP contribution in [0.5, 0.6) is 0 Å². The van der Waals surface area contributed by atoms with Crippen molar-refractivity contribution < 1.29 is 4.79 Å². The third kappa shape index (κ3) is 3.55. The van der Waals surface area contributed by atoms with E-state index in [0.717, 1.165) is 8.66 Å². The van der Waals surface area contributed by atoms with Crippen molar-refractivity contribution in [2.24, 2.45) is 0 Å². The van der Waals surface area contributed by atoms with Crippen LogP contribution < -0.4 is 0 Å². The van der Waals surface area contributed by atoms with Gasteiger partial charge in [-0.3, -0.25) is 9.78 Å². The highest BCUT2D eigenvalue weighted by Crippen LogP contribution is 2.24. The minimum atomic E-state index is -0.0925. The second-order valence-electron chi connectivity index (χ2n) is 3.88. The number of aromatic nitrogens is 1. The molecule has 100 valence electrons. The molecule has 0 saturated carbocycles. The van der Waals surface area contributed by atoms with Gasteiger partial charge in [-0.1, -0.05) is 11.6 Å². The lowest BCUT2D eigenvalue weighted by Gasteiger charge is -2.20. The molecule has 0 aliphatic carbocycles. The topological polar surface area (TPSA) is 33.2 Å². The highest BCUT2D eigenvalue weighted by Gasteiger charge is 2.18. The molecule has 19 heavy (non-hydrogen) atoms. The van der Waals surface area contributed by atoms with Crippen molar-refractivity contribution in [3.8, 4) is 0 Å². The van der Waals surface area contributed by atoms with Gasteiger partial charge in [-0.25, -0.2) is 0 Å². The molecule has 0 aliphatic rings. The van der Waals surface area contributed by atoms with Crippen molar-refractivity contribution in [1.29, 1.82) is 0 Å². The summed E-state index contributed by atoms with van der Waals surface area (Å²) >= 11 is 11.1. The summed E-state index contributed by atoms with van der Waals surface area (Å²) in [4.78, 5) is 19.2. The van der Waals surface area contributed by atoms with Crippen LogP contribution in [-0.2, 0) is 6.54 Å². The zero-order chi connectivity index (χ0) is 13.8. The van der Waals surface area contributed by atoms with Gasteiger partial charge in [-0.05, 0) is 41.1 Å². The monoisotopic (exact) mass is 358 g/mol. The van der Waals surface area contributed by atoms with E-state index in [9.17, 15) is 4.79 Å². The minimum absolute atomic E-state index is 0.0925. The molecule has 0 atom stereocenters. The lowest BCUT2D eigenvalue weighted by Crippen LogP contribution is -2.30. The quantitative estimate of drug-likeness (QED) is 0.819. The van der Waals surface area contributed by atoms with Crippen molar-refractivity contribution in [2.75, 3.05) is 6.54 Å². The molecule has 0 aliphatic heterocycles. The molecule has 2 aromatic heterocycles. The Kier molecular flexibility index (Phi) is 4.96. The van der Waals surface area contributed by atoms with E-state index in [1.807, 2.05) is 19.1 Å². The van der Waals surface area contributed by atoms with E-state index >= 15 is 0 Å². The molecular weight excluding hydrogens is 348 g/mol. The van der Waals surface area contributed by atoms with E-state index in [1.54, 1.807) is 28.5 Å². The van der Waals surface area contributed by atoms with Crippen LogP contribution in [0.25, 0.3) is 0 Å². The minimum Gasteiger partial charge on any atom is -0.334 e. The molecule has 0 fully saturated rings. The number of thiophene rings is 1. The predicted molar refractivity (Wildman–Crippen MR) is 81.7 cm³/mol. The summed E-state index contributed by atoms with van der Waals surface area (Å²) in [6, 6.07) is 5.62. The molecule has 0 saturated heterocycles. The van der Waals surface area contributed by atoms with Gasteiger partial charge in [0.15, 0.2) is 0 Å². The third-order valence-corrected chi connectivity index (χ3v) is 4.58. The molecule has 2 heterocycles. The highest BCUT2D eigenvalue weighted by molar-refractivity contribution is 9.11. The van der Waals surface area contributed by atoms with Gasteiger partial charge in [0.05, 0.1) is 20.9 Å². The maximum Gasteiger partial charge on any atom is 0.257 e. The van der Waals surface area contributed by atoms with E-state index in [4.69, 9.17) is 11.6 Å². The first-order valence-corrected chi connectivity index (χ1v) is 7.73. The fraction of sp³-hybridized carbons (Fsp3) is 0.231. The molecule has 2 rings (SSSR count). The maximum atomic E-state index is 12.4. The molecule has 2 aromatic rings. The van der Waals surface area contributed by atoms with E-state index in [-0.39, 0.29) is 5.91 Å². The van der Waals surface area contributed by atoms with Gasteiger partial charge < -0.3 is 4.90 Å². The van der Waals surface area contributed by atoms with Crippen LogP contribution in [0.2, 0.25) is 5.02 Å². The molecule has 0 radical (unpaired) electrons. The average Bonchev–Trinajstić information content (AvgIpc) is 2.81. The standard InChI is InChI=1S/C13H12BrClN2OS/c1-2-17(8-9-3-4-12(14)19-9)13(18)10-7-16-6-5-11(10)15/h3-7H,2,8H2,1H3. The molecule has 0 bridgehead atoms. The number of rotatable bonds is 4. The Morgan fingerprint density at radius 2 is 2.26 bits per heavy atom. The first-order valence-electron chi connectivity index (χ1n) is 5.74. The first-order chi connectivity index (χ1) is 9.11. The smallest absolute Gasteiger partial charge is 0.257 e. The number of carbonyl (C=O) groups excluding carboxylic acids is 1. The fourth-order valence-corrected chi connectivity index (χ4v) is 3.34. The lowest BCUT2D eigenvalue weighted by molar-refractivity contribution is 0.0754. The maximum absolute atomic E-state index is 12.4. The highest BCUT2D eigenvalue weighted by atomic mass is 79.9. The third-order valence-electron chi connectivity index (χ3n) is 2.64. The predicted octanol–water partition coefficient (Wildman–Crippen LogP) is 4.22. The fourth-order valence-electron chi connectivity index (χ4n) is 1.66. The van der Waals surface area contributed by atoms with Crippen LogP contribution in [0.1, 0.15) is 22.2 Å². The second-order valence-corrected chi connectivity index (χ2v) is 6.84. The molecule has 6 heteroatoms. The van der Waals surface area contributed by atoms with Crippen molar-refractivity contribution in [1.82, 2.24) is 9.88 Å². The molecule has 3 nitrogen and oxygen atoms in total. The van der Waals surface area contributed by atoms with Crippen LogP contribution >= 0.6 is 38.9 Å². The summed E-state index contributed by atoms with van der Waals surface area (Å²) in [6.45, 7) is 3.15. The molecular formula is C13H12BrClN2OS. The average molecular weight is 360 g/mol. The molecule has 0 spiro atoms. The Morgan fingerprint density at radius 3 is 2.84 bits per heavy atom. The summed E-state index contributed by atoms with van der Waals surface area (Å²) in [6.07, 6.45) is 3.09. The normalized spacial score (nSPS) is 10.5. The molecule has 0 aromatic carbocycles. The number of nitrogens with zero attached hydrogens (tertiary/aromatic N) is 2. The Labute approximate surface area is 129 Å². The summed E-state index contributed by atoms with van der Waals surface area (Å²) in [5.74, 6) is -0.0925. The van der Waals surface area contributed by atoms with Gasteiger partial charge in [0.1, 0.15) is 0 Å². The van der Waals surface area contributed by atoms with Crippen LogP contribution in [-0.4, -0.2) is 22.3 Å². The Morgan fingerprint density at radius 1 is 1.47 bits per heavy atom.